The monoisotopic (exact) mass is 505 g/mol. The summed E-state index contributed by atoms with van der Waals surface area (Å²) in [6.07, 6.45) is 2.96. The quantitative estimate of drug-likeness (QED) is 0.367. The molecule has 4 N–H and O–H groups in total. The number of nitrogens with zero attached hydrogens (tertiary/aromatic N) is 4. The van der Waals surface area contributed by atoms with E-state index in [0.717, 1.165) is 10.7 Å². The number of carbonyl (C=O) groups is 2. The minimum absolute atomic E-state index is 0.0278. The number of hydrogen-bond acceptors (Lipinski definition) is 6. The molecule has 0 aliphatic carbocycles. The molecule has 0 spiro atoms. The summed E-state index contributed by atoms with van der Waals surface area (Å²) >= 11 is 3.29. The van der Waals surface area contributed by atoms with Gasteiger partial charge in [-0.1, -0.05) is 0 Å². The predicted octanol–water partition coefficient (Wildman–Crippen LogP) is 3.17. The van der Waals surface area contributed by atoms with Crippen molar-refractivity contribution in [3.8, 4) is 11.7 Å². The van der Waals surface area contributed by atoms with Crippen LogP contribution in [-0.2, 0) is 0 Å². The number of hydrogen-bond donors (Lipinski definition) is 3. The number of pyridine rings is 1. The highest BCUT2D eigenvalue weighted by molar-refractivity contribution is 9.10. The summed E-state index contributed by atoms with van der Waals surface area (Å²) in [5.74, 6) is -1.87. The van der Waals surface area contributed by atoms with E-state index >= 15 is 0 Å². The molecule has 10 nitrogen and oxygen atoms in total. The molecule has 32 heavy (non-hydrogen) atoms. The van der Waals surface area contributed by atoms with Crippen molar-refractivity contribution in [2.24, 2.45) is 5.73 Å². The first-order valence-corrected chi connectivity index (χ1v) is 9.79. The molecular weight excluding hydrogens is 492 g/mol. The minimum Gasteiger partial charge on any atom is -0.415 e. The van der Waals surface area contributed by atoms with Gasteiger partial charge in [0.25, 0.3) is 11.8 Å². The van der Waals surface area contributed by atoms with Crippen LogP contribution in [0.15, 0.2) is 41.1 Å². The maximum atomic E-state index is 13.2. The fourth-order valence-corrected chi connectivity index (χ4v) is 3.61. The van der Waals surface area contributed by atoms with Crippen molar-refractivity contribution in [1.29, 1.82) is 0 Å². The number of anilines is 1. The van der Waals surface area contributed by atoms with Gasteiger partial charge in [-0.2, -0.15) is 13.9 Å². The molecule has 0 bridgehead atoms. The Labute approximate surface area is 186 Å². The predicted molar refractivity (Wildman–Crippen MR) is 113 cm³/mol. The van der Waals surface area contributed by atoms with Gasteiger partial charge >= 0.3 is 6.61 Å². The number of nitrogens with one attached hydrogen (secondary N) is 2. The number of primary amides is 1. The van der Waals surface area contributed by atoms with Gasteiger partial charge in [0.2, 0.25) is 5.88 Å². The Hall–Kier alpha value is -3.87. The van der Waals surface area contributed by atoms with Crippen molar-refractivity contribution in [3.63, 3.8) is 0 Å². The zero-order valence-electron chi connectivity index (χ0n) is 16.3. The van der Waals surface area contributed by atoms with E-state index in [1.165, 1.54) is 12.4 Å². The van der Waals surface area contributed by atoms with Crippen LogP contribution in [0.25, 0.3) is 16.7 Å². The average Bonchev–Trinajstić information content (AvgIpc) is 3.34. The molecule has 1 aromatic carbocycles. The number of ether oxygens (including phenoxy) is 1. The number of fused-ring (bicyclic) bond motifs is 1. The maximum absolute atomic E-state index is 13.2. The average molecular weight is 506 g/mol. The number of halogens is 3. The van der Waals surface area contributed by atoms with E-state index in [1.54, 1.807) is 25.1 Å². The number of alkyl halides is 2. The van der Waals surface area contributed by atoms with Gasteiger partial charge in [-0.15, -0.1) is 5.10 Å². The van der Waals surface area contributed by atoms with E-state index in [1.807, 2.05) is 0 Å². The number of nitrogens with two attached hydrogens (primary N) is 1. The van der Waals surface area contributed by atoms with Crippen LogP contribution in [0.3, 0.4) is 0 Å². The fraction of sp³-hybridized carbons (Fsp3) is 0.105. The van der Waals surface area contributed by atoms with Crippen molar-refractivity contribution in [2.45, 2.75) is 13.5 Å². The molecule has 0 radical (unpaired) electrons. The summed E-state index contributed by atoms with van der Waals surface area (Å²) in [7, 11) is 0. The second-order valence-corrected chi connectivity index (χ2v) is 7.42. The van der Waals surface area contributed by atoms with Gasteiger partial charge in [0.15, 0.2) is 5.82 Å². The SMILES string of the molecule is Cc1cc2cn[nH]c2c(C(N)=O)c1NC(=O)c1cc(OC(F)F)nn1-c1ncccc1Br. The van der Waals surface area contributed by atoms with E-state index in [2.05, 4.69) is 46.3 Å². The van der Waals surface area contributed by atoms with Crippen molar-refractivity contribution >= 4 is 44.3 Å². The molecule has 0 aliphatic rings. The highest BCUT2D eigenvalue weighted by atomic mass is 79.9. The van der Waals surface area contributed by atoms with Crippen LogP contribution in [0.5, 0.6) is 5.88 Å². The van der Waals surface area contributed by atoms with Crippen molar-refractivity contribution in [2.75, 3.05) is 5.32 Å². The standard InChI is InChI=1S/C19H14BrF2N7O3/c1-8-5-9-7-25-27-15(9)13(16(23)30)14(8)26-18(31)11-6-12(32-19(21)22)28-29(11)17-10(20)3-2-4-24-17/h2-7,19H,1H3,(H2,23,30)(H,25,27)(H,26,31). The van der Waals surface area contributed by atoms with Crippen LogP contribution >= 0.6 is 15.9 Å². The smallest absolute Gasteiger partial charge is 0.388 e. The third kappa shape index (κ3) is 3.89. The fourth-order valence-electron chi connectivity index (χ4n) is 3.18. The summed E-state index contributed by atoms with van der Waals surface area (Å²) in [6, 6.07) is 6.02. The van der Waals surface area contributed by atoms with E-state index in [-0.39, 0.29) is 22.8 Å². The first-order valence-electron chi connectivity index (χ1n) is 9.00. The minimum atomic E-state index is -3.15. The lowest BCUT2D eigenvalue weighted by atomic mass is 10.0. The number of aromatic nitrogens is 5. The van der Waals surface area contributed by atoms with Gasteiger partial charge < -0.3 is 15.8 Å². The van der Waals surface area contributed by atoms with Gasteiger partial charge in [-0.25, -0.2) is 9.67 Å². The van der Waals surface area contributed by atoms with E-state index in [9.17, 15) is 18.4 Å². The van der Waals surface area contributed by atoms with Gasteiger partial charge in [0, 0.05) is 17.6 Å². The second-order valence-electron chi connectivity index (χ2n) is 6.56. The molecule has 4 rings (SSSR count). The second kappa shape index (κ2) is 8.34. The Balaban J connectivity index is 1.81. The van der Waals surface area contributed by atoms with Crippen LogP contribution in [0.4, 0.5) is 14.5 Å². The van der Waals surface area contributed by atoms with Crippen molar-refractivity contribution in [3.05, 3.63) is 58.0 Å². The molecule has 0 fully saturated rings. The zero-order chi connectivity index (χ0) is 23.0. The molecule has 0 saturated heterocycles. The number of aryl methyl sites for hydroxylation is 1. The number of carbonyl (C=O) groups excluding carboxylic acids is 2. The van der Waals surface area contributed by atoms with Gasteiger partial charge in [-0.05, 0) is 46.6 Å². The highest BCUT2D eigenvalue weighted by Gasteiger charge is 2.24. The topological polar surface area (TPSA) is 141 Å². The number of rotatable bonds is 6. The Morgan fingerprint density at radius 2 is 2.12 bits per heavy atom. The summed E-state index contributed by atoms with van der Waals surface area (Å²) in [6.45, 7) is -1.47. The number of benzene rings is 1. The van der Waals surface area contributed by atoms with Crippen molar-refractivity contribution in [1.82, 2.24) is 25.0 Å². The molecule has 4 aromatic rings. The molecule has 0 unspecified atom stereocenters. The third-order valence-electron chi connectivity index (χ3n) is 4.49. The molecule has 164 valence electrons. The van der Waals surface area contributed by atoms with Crippen LogP contribution in [0.2, 0.25) is 0 Å². The molecule has 2 amide bonds. The lowest BCUT2D eigenvalue weighted by Crippen LogP contribution is -2.22. The van der Waals surface area contributed by atoms with Crippen LogP contribution in [0, 0.1) is 6.92 Å². The normalized spacial score (nSPS) is 11.2. The molecular formula is C19H14BrF2N7O3. The molecule has 0 aliphatic heterocycles. The molecule has 0 atom stereocenters. The number of amides is 2. The summed E-state index contributed by atoms with van der Waals surface area (Å²) in [5, 5.41) is 13.7. The van der Waals surface area contributed by atoms with Crippen LogP contribution in [0.1, 0.15) is 26.4 Å². The van der Waals surface area contributed by atoms with Crippen molar-refractivity contribution < 1.29 is 23.1 Å². The Morgan fingerprint density at radius 1 is 1.34 bits per heavy atom. The van der Waals surface area contributed by atoms with E-state index < -0.39 is 24.3 Å². The summed E-state index contributed by atoms with van der Waals surface area (Å²) in [5.41, 5.74) is 6.44. The molecule has 13 heteroatoms. The van der Waals surface area contributed by atoms with Crippen LogP contribution in [-0.4, -0.2) is 43.4 Å². The Kier molecular flexibility index (Phi) is 5.57. The molecule has 0 saturated carbocycles. The van der Waals surface area contributed by atoms with Gasteiger partial charge in [0.1, 0.15) is 5.69 Å². The zero-order valence-corrected chi connectivity index (χ0v) is 17.9. The van der Waals surface area contributed by atoms with E-state index in [0.29, 0.717) is 20.9 Å². The highest BCUT2D eigenvalue weighted by Crippen LogP contribution is 2.30. The van der Waals surface area contributed by atoms with Gasteiger partial charge in [0.05, 0.1) is 27.4 Å². The first kappa shape index (κ1) is 21.4. The largest absolute Gasteiger partial charge is 0.415 e. The summed E-state index contributed by atoms with van der Waals surface area (Å²) < 4.78 is 31.3. The maximum Gasteiger partial charge on any atom is 0.388 e. The Morgan fingerprint density at radius 3 is 2.81 bits per heavy atom. The van der Waals surface area contributed by atoms with Crippen LogP contribution < -0.4 is 15.8 Å². The van der Waals surface area contributed by atoms with Gasteiger partial charge in [-0.3, -0.25) is 14.7 Å². The lowest BCUT2D eigenvalue weighted by Gasteiger charge is -2.14. The Bertz CT molecular complexity index is 1350. The summed E-state index contributed by atoms with van der Waals surface area (Å²) in [4.78, 5) is 29.5. The molecule has 3 aromatic heterocycles. The lowest BCUT2D eigenvalue weighted by molar-refractivity contribution is -0.0530. The first-order chi connectivity index (χ1) is 15.3. The number of aromatic amines is 1. The number of H-pyrrole nitrogens is 1. The van der Waals surface area contributed by atoms with E-state index in [4.69, 9.17) is 5.73 Å². The molecule has 3 heterocycles. The third-order valence-corrected chi connectivity index (χ3v) is 5.11.